The first-order chi connectivity index (χ1) is 12.6. The van der Waals surface area contributed by atoms with Gasteiger partial charge in [0, 0.05) is 17.3 Å². The third-order valence-corrected chi connectivity index (χ3v) is 3.84. The molecule has 1 amide bonds. The lowest BCUT2D eigenvalue weighted by Crippen LogP contribution is -2.11. The fourth-order valence-corrected chi connectivity index (χ4v) is 2.60. The number of hydrogen-bond donors (Lipinski definition) is 1. The van der Waals surface area contributed by atoms with Crippen molar-refractivity contribution in [2.75, 3.05) is 18.7 Å². The van der Waals surface area contributed by atoms with Gasteiger partial charge in [0.2, 0.25) is 6.79 Å². The minimum Gasteiger partial charge on any atom is -0.463 e. The van der Waals surface area contributed by atoms with Crippen molar-refractivity contribution in [1.82, 2.24) is 0 Å². The zero-order valence-electron chi connectivity index (χ0n) is 14.0. The van der Waals surface area contributed by atoms with E-state index in [1.165, 1.54) is 12.1 Å². The van der Waals surface area contributed by atoms with Crippen LogP contribution in [-0.4, -0.2) is 25.3 Å². The van der Waals surface area contributed by atoms with Crippen molar-refractivity contribution >= 4 is 35.2 Å². The van der Waals surface area contributed by atoms with Gasteiger partial charge in [0.25, 0.3) is 5.91 Å². The molecule has 0 fully saturated rings. The second-order valence-corrected chi connectivity index (χ2v) is 5.76. The van der Waals surface area contributed by atoms with Crippen LogP contribution in [0, 0.1) is 0 Å². The van der Waals surface area contributed by atoms with E-state index >= 15 is 0 Å². The average molecular weight is 374 g/mol. The fourth-order valence-electron chi connectivity index (χ4n) is 2.33. The molecule has 1 aliphatic rings. The van der Waals surface area contributed by atoms with Crippen molar-refractivity contribution in [3.63, 3.8) is 0 Å². The number of fused-ring (bicyclic) bond motifs is 1. The molecule has 0 bridgehead atoms. The highest BCUT2D eigenvalue weighted by Crippen LogP contribution is 2.39. The smallest absolute Gasteiger partial charge is 0.330 e. The number of ether oxygens (including phenoxy) is 3. The average Bonchev–Trinajstić information content (AvgIpc) is 3.10. The van der Waals surface area contributed by atoms with Crippen LogP contribution in [0.5, 0.6) is 11.5 Å². The molecule has 1 aliphatic heterocycles. The van der Waals surface area contributed by atoms with Crippen LogP contribution in [0.15, 0.2) is 42.5 Å². The summed E-state index contributed by atoms with van der Waals surface area (Å²) in [6.45, 7) is 2.16. The predicted octanol–water partition coefficient (Wildman–Crippen LogP) is 3.90. The number of nitrogens with one attached hydrogen (secondary N) is 1. The first-order valence-electron chi connectivity index (χ1n) is 7.92. The summed E-state index contributed by atoms with van der Waals surface area (Å²) in [6, 6.07) is 10.1. The highest BCUT2D eigenvalue weighted by molar-refractivity contribution is 6.32. The molecule has 26 heavy (non-hydrogen) atoms. The zero-order chi connectivity index (χ0) is 18.5. The Morgan fingerprint density at radius 1 is 1.23 bits per heavy atom. The second kappa shape index (κ2) is 7.93. The minimum atomic E-state index is -0.399. The number of halogens is 1. The molecular formula is C19H16ClNO5. The third kappa shape index (κ3) is 4.15. The Balaban J connectivity index is 1.67. The van der Waals surface area contributed by atoms with Crippen molar-refractivity contribution in [3.05, 3.63) is 58.6 Å². The van der Waals surface area contributed by atoms with E-state index in [4.69, 9.17) is 25.8 Å². The van der Waals surface area contributed by atoms with E-state index in [-0.39, 0.29) is 12.7 Å². The van der Waals surface area contributed by atoms with Gasteiger partial charge in [-0.05, 0) is 42.8 Å². The predicted molar refractivity (Wildman–Crippen MR) is 97.6 cm³/mol. The summed E-state index contributed by atoms with van der Waals surface area (Å²) in [6.07, 6.45) is 2.99. The van der Waals surface area contributed by atoms with E-state index < -0.39 is 5.97 Å². The number of carbonyl (C=O) groups is 2. The van der Waals surface area contributed by atoms with Crippen LogP contribution >= 0.6 is 11.6 Å². The normalized spacial score (nSPS) is 12.2. The summed E-state index contributed by atoms with van der Waals surface area (Å²) in [5, 5.41) is 3.10. The maximum Gasteiger partial charge on any atom is 0.330 e. The standard InChI is InChI=1S/C19H16ClNO5/c1-2-24-17(22)8-5-12-3-6-14(7-4-12)21-19(23)13-9-15(20)18-16(10-13)25-11-26-18/h3-10H,2,11H2,1H3,(H,21,23)/b8-5+. The van der Waals surface area contributed by atoms with Crippen molar-refractivity contribution in [1.29, 1.82) is 0 Å². The Labute approximate surface area is 155 Å². The molecular weight excluding hydrogens is 358 g/mol. The highest BCUT2D eigenvalue weighted by Gasteiger charge is 2.20. The summed E-state index contributed by atoms with van der Waals surface area (Å²) in [5.41, 5.74) is 1.78. The molecule has 0 atom stereocenters. The molecule has 2 aromatic carbocycles. The maximum absolute atomic E-state index is 12.4. The number of benzene rings is 2. The molecule has 1 heterocycles. The van der Waals surface area contributed by atoms with E-state index in [0.29, 0.717) is 34.4 Å². The van der Waals surface area contributed by atoms with Crippen LogP contribution in [0.25, 0.3) is 6.08 Å². The fraction of sp³-hybridized carbons (Fsp3) is 0.158. The quantitative estimate of drug-likeness (QED) is 0.635. The van der Waals surface area contributed by atoms with Crippen molar-refractivity contribution in [2.24, 2.45) is 0 Å². The van der Waals surface area contributed by atoms with Crippen molar-refractivity contribution in [3.8, 4) is 11.5 Å². The van der Waals surface area contributed by atoms with Gasteiger partial charge >= 0.3 is 5.97 Å². The van der Waals surface area contributed by atoms with E-state index in [1.54, 1.807) is 43.3 Å². The molecule has 0 saturated carbocycles. The van der Waals surface area contributed by atoms with Gasteiger partial charge in [-0.25, -0.2) is 4.79 Å². The largest absolute Gasteiger partial charge is 0.463 e. The Kier molecular flexibility index (Phi) is 5.43. The van der Waals surface area contributed by atoms with E-state index in [1.807, 2.05) is 0 Å². The van der Waals surface area contributed by atoms with Crippen LogP contribution in [-0.2, 0) is 9.53 Å². The van der Waals surface area contributed by atoms with Gasteiger partial charge in [-0.3, -0.25) is 4.79 Å². The molecule has 7 heteroatoms. The topological polar surface area (TPSA) is 73.9 Å². The lowest BCUT2D eigenvalue weighted by Gasteiger charge is -2.07. The lowest BCUT2D eigenvalue weighted by atomic mass is 10.1. The van der Waals surface area contributed by atoms with Gasteiger partial charge in [0.1, 0.15) is 0 Å². The highest BCUT2D eigenvalue weighted by atomic mass is 35.5. The summed E-state index contributed by atoms with van der Waals surface area (Å²) < 4.78 is 15.3. The van der Waals surface area contributed by atoms with Crippen LogP contribution in [0.4, 0.5) is 5.69 Å². The molecule has 134 valence electrons. The summed E-state index contributed by atoms with van der Waals surface area (Å²) in [5.74, 6) is 0.174. The van der Waals surface area contributed by atoms with Crippen LogP contribution in [0.1, 0.15) is 22.8 Å². The Morgan fingerprint density at radius 3 is 2.73 bits per heavy atom. The monoisotopic (exact) mass is 373 g/mol. The van der Waals surface area contributed by atoms with Gasteiger partial charge in [-0.1, -0.05) is 23.7 Å². The van der Waals surface area contributed by atoms with Gasteiger partial charge in [-0.2, -0.15) is 0 Å². The molecule has 2 aromatic rings. The van der Waals surface area contributed by atoms with Gasteiger partial charge in [-0.15, -0.1) is 0 Å². The molecule has 0 radical (unpaired) electrons. The Hall–Kier alpha value is -2.99. The van der Waals surface area contributed by atoms with E-state index in [0.717, 1.165) is 5.56 Å². The van der Waals surface area contributed by atoms with Crippen molar-refractivity contribution in [2.45, 2.75) is 6.92 Å². The van der Waals surface area contributed by atoms with Crippen LogP contribution in [0.2, 0.25) is 5.02 Å². The maximum atomic E-state index is 12.4. The number of hydrogen-bond acceptors (Lipinski definition) is 5. The van der Waals surface area contributed by atoms with E-state index in [2.05, 4.69) is 5.32 Å². The first-order valence-corrected chi connectivity index (χ1v) is 8.30. The van der Waals surface area contributed by atoms with Gasteiger partial charge < -0.3 is 19.5 Å². The zero-order valence-corrected chi connectivity index (χ0v) is 14.7. The third-order valence-electron chi connectivity index (χ3n) is 3.56. The molecule has 3 rings (SSSR count). The number of amides is 1. The Morgan fingerprint density at radius 2 is 2.00 bits per heavy atom. The SMILES string of the molecule is CCOC(=O)/C=C/c1ccc(NC(=O)c2cc(Cl)c3c(c2)OCO3)cc1. The molecule has 0 aromatic heterocycles. The first kappa shape index (κ1) is 17.8. The number of carbonyl (C=O) groups excluding carboxylic acids is 2. The summed E-state index contributed by atoms with van der Waals surface area (Å²) in [4.78, 5) is 23.7. The summed E-state index contributed by atoms with van der Waals surface area (Å²) >= 11 is 6.09. The minimum absolute atomic E-state index is 0.0842. The number of rotatable bonds is 5. The van der Waals surface area contributed by atoms with Gasteiger partial charge in [0.05, 0.1) is 11.6 Å². The molecule has 1 N–H and O–H groups in total. The molecule has 0 unspecified atom stereocenters. The number of anilines is 1. The second-order valence-electron chi connectivity index (χ2n) is 5.35. The molecule has 0 spiro atoms. The van der Waals surface area contributed by atoms with Crippen LogP contribution in [0.3, 0.4) is 0 Å². The van der Waals surface area contributed by atoms with Crippen molar-refractivity contribution < 1.29 is 23.8 Å². The molecule has 0 saturated heterocycles. The summed E-state index contributed by atoms with van der Waals surface area (Å²) in [7, 11) is 0. The van der Waals surface area contributed by atoms with Gasteiger partial charge in [0.15, 0.2) is 11.5 Å². The Bertz CT molecular complexity index is 861. The molecule has 6 nitrogen and oxygen atoms in total. The van der Waals surface area contributed by atoms with Crippen LogP contribution < -0.4 is 14.8 Å². The number of esters is 1. The van der Waals surface area contributed by atoms with E-state index in [9.17, 15) is 9.59 Å². The lowest BCUT2D eigenvalue weighted by molar-refractivity contribution is -0.137. The molecule has 0 aliphatic carbocycles.